The van der Waals surface area contributed by atoms with Crippen molar-refractivity contribution in [1.82, 2.24) is 4.57 Å². The summed E-state index contributed by atoms with van der Waals surface area (Å²) in [6.07, 6.45) is -2.68. The summed E-state index contributed by atoms with van der Waals surface area (Å²) in [5.41, 5.74) is 6.97. The molecule has 0 radical (unpaired) electrons. The number of rotatable bonds is 4. The maximum absolute atomic E-state index is 13.4. The molecule has 0 aliphatic rings. The number of alkyl halides is 3. The zero-order valence-electron chi connectivity index (χ0n) is 14.6. The summed E-state index contributed by atoms with van der Waals surface area (Å²) in [5.74, 6) is -0.535. The Balaban J connectivity index is 2.21. The number of fused-ring (bicyclic) bond motifs is 1. The van der Waals surface area contributed by atoms with E-state index in [1.165, 1.54) is 6.07 Å². The SMILES string of the molecule is CC(C)Cn1cc(CN)c2ccc(-c3ccc(F)cc3C(F)(F)F)cc21. The van der Waals surface area contributed by atoms with Gasteiger partial charge in [-0.3, -0.25) is 0 Å². The maximum Gasteiger partial charge on any atom is 0.417 e. The number of aromatic nitrogens is 1. The van der Waals surface area contributed by atoms with Crippen molar-refractivity contribution in [2.24, 2.45) is 11.7 Å². The lowest BCUT2D eigenvalue weighted by Gasteiger charge is -2.14. The molecule has 0 unspecified atom stereocenters. The molecule has 0 spiro atoms. The number of hydrogen-bond donors (Lipinski definition) is 1. The molecular weight excluding hydrogens is 344 g/mol. The van der Waals surface area contributed by atoms with Crippen LogP contribution in [0.5, 0.6) is 0 Å². The van der Waals surface area contributed by atoms with Gasteiger partial charge in [0.25, 0.3) is 0 Å². The molecule has 2 aromatic carbocycles. The molecule has 0 fully saturated rings. The zero-order valence-corrected chi connectivity index (χ0v) is 14.6. The van der Waals surface area contributed by atoms with Crippen LogP contribution in [0, 0.1) is 11.7 Å². The molecule has 0 aliphatic heterocycles. The molecule has 26 heavy (non-hydrogen) atoms. The third-order valence-electron chi connectivity index (χ3n) is 4.34. The number of halogens is 4. The summed E-state index contributed by atoms with van der Waals surface area (Å²) < 4.78 is 55.4. The van der Waals surface area contributed by atoms with Gasteiger partial charge in [0.1, 0.15) is 5.82 Å². The Morgan fingerprint density at radius 2 is 1.81 bits per heavy atom. The van der Waals surface area contributed by atoms with Gasteiger partial charge in [0.2, 0.25) is 0 Å². The Kier molecular flexibility index (Phi) is 4.80. The second-order valence-electron chi connectivity index (χ2n) is 6.82. The zero-order chi connectivity index (χ0) is 19.1. The molecule has 3 rings (SSSR count). The third kappa shape index (κ3) is 3.46. The summed E-state index contributed by atoms with van der Waals surface area (Å²) in [4.78, 5) is 0. The van der Waals surface area contributed by atoms with Crippen LogP contribution in [0.3, 0.4) is 0 Å². The topological polar surface area (TPSA) is 30.9 Å². The highest BCUT2D eigenvalue weighted by atomic mass is 19.4. The predicted molar refractivity (Wildman–Crippen MR) is 95.1 cm³/mol. The van der Waals surface area contributed by atoms with Crippen LogP contribution in [0.4, 0.5) is 17.6 Å². The quantitative estimate of drug-likeness (QED) is 0.602. The average Bonchev–Trinajstić information content (AvgIpc) is 2.90. The second-order valence-corrected chi connectivity index (χ2v) is 6.82. The molecule has 0 saturated carbocycles. The number of nitrogens with zero attached hydrogens (tertiary/aromatic N) is 1. The van der Waals surface area contributed by atoms with Crippen molar-refractivity contribution in [2.45, 2.75) is 33.1 Å². The first-order valence-electron chi connectivity index (χ1n) is 8.39. The van der Waals surface area contributed by atoms with Gasteiger partial charge in [-0.15, -0.1) is 0 Å². The van der Waals surface area contributed by atoms with Crippen LogP contribution in [-0.2, 0) is 19.3 Å². The molecule has 0 aliphatic carbocycles. The molecule has 0 bridgehead atoms. The van der Waals surface area contributed by atoms with Gasteiger partial charge in [-0.1, -0.05) is 32.0 Å². The normalized spacial score (nSPS) is 12.3. The van der Waals surface area contributed by atoms with Gasteiger partial charge in [-0.25, -0.2) is 4.39 Å². The highest BCUT2D eigenvalue weighted by molar-refractivity contribution is 5.89. The monoisotopic (exact) mass is 364 g/mol. The first-order chi connectivity index (χ1) is 12.2. The molecule has 138 valence electrons. The van der Waals surface area contributed by atoms with Crippen LogP contribution in [-0.4, -0.2) is 4.57 Å². The summed E-state index contributed by atoms with van der Waals surface area (Å²) >= 11 is 0. The summed E-state index contributed by atoms with van der Waals surface area (Å²) in [5, 5.41) is 0.924. The minimum atomic E-state index is -4.63. The fourth-order valence-electron chi connectivity index (χ4n) is 3.25. The Bertz CT molecular complexity index is 939. The Hall–Kier alpha value is -2.34. The van der Waals surface area contributed by atoms with E-state index in [2.05, 4.69) is 13.8 Å². The van der Waals surface area contributed by atoms with Crippen molar-refractivity contribution in [3.05, 3.63) is 59.5 Å². The van der Waals surface area contributed by atoms with E-state index >= 15 is 0 Å². The molecule has 2 N–H and O–H groups in total. The lowest BCUT2D eigenvalue weighted by atomic mass is 9.97. The number of hydrogen-bond acceptors (Lipinski definition) is 1. The van der Waals surface area contributed by atoms with Crippen molar-refractivity contribution in [3.63, 3.8) is 0 Å². The van der Waals surface area contributed by atoms with E-state index in [9.17, 15) is 17.6 Å². The second kappa shape index (κ2) is 6.76. The molecule has 1 heterocycles. The standard InChI is InChI=1S/C20H20F4N2/c1-12(2)10-26-11-14(9-25)17-5-3-13(7-19(17)26)16-6-4-15(21)8-18(16)20(22,23)24/h3-8,11-12H,9-10,25H2,1-2H3. The molecule has 3 aromatic rings. The molecular formula is C20H20F4N2. The third-order valence-corrected chi connectivity index (χ3v) is 4.34. The molecule has 1 aromatic heterocycles. The van der Waals surface area contributed by atoms with Gasteiger partial charge in [0, 0.05) is 30.2 Å². The molecule has 0 saturated heterocycles. The van der Waals surface area contributed by atoms with Crippen LogP contribution in [0.1, 0.15) is 25.0 Å². The molecule has 0 amide bonds. The maximum atomic E-state index is 13.4. The highest BCUT2D eigenvalue weighted by Gasteiger charge is 2.34. The van der Waals surface area contributed by atoms with Crippen molar-refractivity contribution in [1.29, 1.82) is 0 Å². The predicted octanol–water partition coefficient (Wildman–Crippen LogP) is 5.58. The smallest absolute Gasteiger partial charge is 0.347 e. The highest BCUT2D eigenvalue weighted by Crippen LogP contribution is 2.38. The van der Waals surface area contributed by atoms with E-state index in [1.807, 2.05) is 10.8 Å². The summed E-state index contributed by atoms with van der Waals surface area (Å²) in [6.45, 7) is 5.22. The van der Waals surface area contributed by atoms with Crippen LogP contribution in [0.15, 0.2) is 42.6 Å². The first kappa shape index (κ1) is 18.5. The van der Waals surface area contributed by atoms with Gasteiger partial charge < -0.3 is 10.3 Å². The number of benzene rings is 2. The van der Waals surface area contributed by atoms with E-state index < -0.39 is 17.6 Å². The molecule has 2 nitrogen and oxygen atoms in total. The number of nitrogens with two attached hydrogens (primary N) is 1. The lowest BCUT2D eigenvalue weighted by molar-refractivity contribution is -0.137. The van der Waals surface area contributed by atoms with Crippen LogP contribution >= 0.6 is 0 Å². The van der Waals surface area contributed by atoms with Gasteiger partial charge in [0.05, 0.1) is 5.56 Å². The van der Waals surface area contributed by atoms with Crippen LogP contribution < -0.4 is 5.73 Å². The van der Waals surface area contributed by atoms with Crippen molar-refractivity contribution in [3.8, 4) is 11.1 Å². The van der Waals surface area contributed by atoms with Crippen LogP contribution in [0.2, 0.25) is 0 Å². The average molecular weight is 364 g/mol. The van der Waals surface area contributed by atoms with E-state index in [4.69, 9.17) is 5.73 Å². The minimum Gasteiger partial charge on any atom is -0.347 e. The lowest BCUT2D eigenvalue weighted by Crippen LogP contribution is -2.08. The fourth-order valence-corrected chi connectivity index (χ4v) is 3.25. The first-order valence-corrected chi connectivity index (χ1v) is 8.39. The van der Waals surface area contributed by atoms with Gasteiger partial charge in [-0.2, -0.15) is 13.2 Å². The van der Waals surface area contributed by atoms with Gasteiger partial charge in [-0.05, 0) is 40.8 Å². The van der Waals surface area contributed by atoms with Crippen molar-refractivity contribution < 1.29 is 17.6 Å². The fraction of sp³-hybridized carbons (Fsp3) is 0.300. The Morgan fingerprint density at radius 1 is 1.08 bits per heavy atom. The van der Waals surface area contributed by atoms with Crippen molar-refractivity contribution >= 4 is 10.9 Å². The van der Waals surface area contributed by atoms with E-state index in [0.717, 1.165) is 29.1 Å². The summed E-state index contributed by atoms with van der Waals surface area (Å²) in [6, 6.07) is 7.90. The molecule has 0 atom stereocenters. The van der Waals surface area contributed by atoms with Crippen molar-refractivity contribution in [2.75, 3.05) is 0 Å². The van der Waals surface area contributed by atoms with E-state index in [1.54, 1.807) is 18.2 Å². The van der Waals surface area contributed by atoms with Gasteiger partial charge >= 0.3 is 6.18 Å². The molecule has 6 heteroatoms. The largest absolute Gasteiger partial charge is 0.417 e. The summed E-state index contributed by atoms with van der Waals surface area (Å²) in [7, 11) is 0. The Labute approximate surface area is 149 Å². The minimum absolute atomic E-state index is 0.0348. The van der Waals surface area contributed by atoms with Crippen LogP contribution in [0.25, 0.3) is 22.0 Å². The van der Waals surface area contributed by atoms with E-state index in [0.29, 0.717) is 24.1 Å². The Morgan fingerprint density at radius 3 is 2.42 bits per heavy atom. The van der Waals surface area contributed by atoms with E-state index in [-0.39, 0.29) is 5.56 Å². The van der Waals surface area contributed by atoms with Gasteiger partial charge in [0.15, 0.2) is 0 Å².